The third-order valence-corrected chi connectivity index (χ3v) is 7.59. The van der Waals surface area contributed by atoms with Gasteiger partial charge in [-0.3, -0.25) is 0 Å². The van der Waals surface area contributed by atoms with E-state index >= 15 is 0 Å². The number of rotatable bonds is 10. The van der Waals surface area contributed by atoms with Crippen molar-refractivity contribution in [3.05, 3.63) is 82.3 Å². The molecule has 5 rings (SSSR count). The van der Waals surface area contributed by atoms with Crippen molar-refractivity contribution in [3.8, 4) is 17.2 Å². The van der Waals surface area contributed by atoms with E-state index in [1.807, 2.05) is 24.3 Å². The molecule has 1 aliphatic rings. The Morgan fingerprint density at radius 3 is 2.41 bits per heavy atom. The number of ether oxygens (including phenoxy) is 2. The summed E-state index contributed by atoms with van der Waals surface area (Å²) >= 11 is 3.44. The standard InChI is InChI=1S/C30H32BrN7O3/c1-40-24-10-8-23(9-11-24)33-28-34-29(37-32-19-22-17-27(41-2)26(39)18-25(22)31)36-30(35-28)38-14-12-21(13-15-38)16-20-6-4-3-5-7-20/h3-11,17-19,21,39H,12-16H2,1-2H3,(H2,33,34,35,36,37)/b32-19+. The van der Waals surface area contributed by atoms with Crippen molar-refractivity contribution in [2.24, 2.45) is 11.0 Å². The Kier molecular flexibility index (Phi) is 9.15. The molecule has 11 heteroatoms. The van der Waals surface area contributed by atoms with Crippen LogP contribution in [0.15, 0.2) is 76.3 Å². The number of methoxy groups -OCH3 is 2. The van der Waals surface area contributed by atoms with Crippen molar-refractivity contribution in [2.45, 2.75) is 19.3 Å². The van der Waals surface area contributed by atoms with Crippen LogP contribution >= 0.6 is 15.9 Å². The van der Waals surface area contributed by atoms with Crippen LogP contribution in [0.1, 0.15) is 24.0 Å². The number of piperidine rings is 1. The molecule has 0 radical (unpaired) electrons. The van der Waals surface area contributed by atoms with Gasteiger partial charge in [0, 0.05) is 28.8 Å². The molecule has 1 saturated heterocycles. The summed E-state index contributed by atoms with van der Waals surface area (Å²) in [7, 11) is 3.13. The third kappa shape index (κ3) is 7.43. The van der Waals surface area contributed by atoms with Crippen molar-refractivity contribution >= 4 is 45.7 Å². The van der Waals surface area contributed by atoms with E-state index in [9.17, 15) is 5.11 Å². The van der Waals surface area contributed by atoms with Crippen molar-refractivity contribution in [3.63, 3.8) is 0 Å². The summed E-state index contributed by atoms with van der Waals surface area (Å²) in [5, 5.41) is 17.6. The zero-order valence-electron chi connectivity index (χ0n) is 22.9. The zero-order chi connectivity index (χ0) is 28.6. The maximum Gasteiger partial charge on any atom is 0.250 e. The molecule has 10 nitrogen and oxygen atoms in total. The van der Waals surface area contributed by atoms with Crippen LogP contribution in [-0.4, -0.2) is 53.6 Å². The molecule has 0 saturated carbocycles. The number of anilines is 4. The monoisotopic (exact) mass is 617 g/mol. The van der Waals surface area contributed by atoms with Crippen molar-refractivity contribution in [2.75, 3.05) is 43.0 Å². The first kappa shape index (κ1) is 28.2. The molecule has 41 heavy (non-hydrogen) atoms. The van der Waals surface area contributed by atoms with E-state index in [1.165, 1.54) is 12.7 Å². The van der Waals surface area contributed by atoms with Gasteiger partial charge >= 0.3 is 0 Å². The fourth-order valence-electron chi connectivity index (χ4n) is 4.68. The van der Waals surface area contributed by atoms with Gasteiger partial charge < -0.3 is 24.8 Å². The smallest absolute Gasteiger partial charge is 0.250 e. The average molecular weight is 619 g/mol. The second kappa shape index (κ2) is 13.3. The minimum Gasteiger partial charge on any atom is -0.504 e. The molecule has 0 bridgehead atoms. The molecule has 2 heterocycles. The molecule has 0 amide bonds. The molecular formula is C30H32BrN7O3. The summed E-state index contributed by atoms with van der Waals surface area (Å²) in [4.78, 5) is 16.2. The first-order chi connectivity index (χ1) is 20.0. The second-order valence-electron chi connectivity index (χ2n) is 9.67. The summed E-state index contributed by atoms with van der Waals surface area (Å²) < 4.78 is 11.1. The lowest BCUT2D eigenvalue weighted by Gasteiger charge is -2.32. The van der Waals surface area contributed by atoms with Crippen molar-refractivity contribution in [1.82, 2.24) is 15.0 Å². The zero-order valence-corrected chi connectivity index (χ0v) is 24.5. The number of phenolic OH excluding ortho intramolecular Hbond substituents is 1. The van der Waals surface area contributed by atoms with E-state index in [1.54, 1.807) is 25.5 Å². The Balaban J connectivity index is 1.34. The van der Waals surface area contributed by atoms with E-state index in [2.05, 4.69) is 77.0 Å². The maximum atomic E-state index is 9.98. The summed E-state index contributed by atoms with van der Waals surface area (Å²) in [6, 6.07) is 21.4. The highest BCUT2D eigenvalue weighted by Gasteiger charge is 2.22. The van der Waals surface area contributed by atoms with Crippen LogP contribution in [-0.2, 0) is 6.42 Å². The maximum absolute atomic E-state index is 9.98. The summed E-state index contributed by atoms with van der Waals surface area (Å²) in [6.07, 6.45) is 4.79. The van der Waals surface area contributed by atoms with E-state index in [-0.39, 0.29) is 5.75 Å². The molecule has 1 aromatic heterocycles. The van der Waals surface area contributed by atoms with Gasteiger partial charge in [0.2, 0.25) is 17.8 Å². The number of phenols is 1. The van der Waals surface area contributed by atoms with Crippen LogP contribution in [0.3, 0.4) is 0 Å². The van der Waals surface area contributed by atoms with Crippen molar-refractivity contribution < 1.29 is 14.6 Å². The molecule has 1 fully saturated rings. The van der Waals surface area contributed by atoms with Crippen LogP contribution in [0, 0.1) is 5.92 Å². The van der Waals surface area contributed by atoms with E-state index < -0.39 is 0 Å². The lowest BCUT2D eigenvalue weighted by Crippen LogP contribution is -2.35. The summed E-state index contributed by atoms with van der Waals surface area (Å²) in [5.41, 5.74) is 5.83. The van der Waals surface area contributed by atoms with E-state index in [4.69, 9.17) is 14.5 Å². The van der Waals surface area contributed by atoms with Crippen LogP contribution in [0.2, 0.25) is 0 Å². The van der Waals surface area contributed by atoms with Gasteiger partial charge in [0.1, 0.15) is 5.75 Å². The largest absolute Gasteiger partial charge is 0.504 e. The van der Waals surface area contributed by atoms with E-state index in [0.29, 0.717) is 39.5 Å². The van der Waals surface area contributed by atoms with Gasteiger partial charge in [0.15, 0.2) is 11.5 Å². The first-order valence-electron chi connectivity index (χ1n) is 13.3. The van der Waals surface area contributed by atoms with Crippen molar-refractivity contribution in [1.29, 1.82) is 0 Å². The topological polar surface area (TPSA) is 117 Å². The number of nitrogens with one attached hydrogen (secondary N) is 2. The minimum absolute atomic E-state index is 0.0355. The number of hydrogen-bond donors (Lipinski definition) is 3. The number of hydrazone groups is 1. The fourth-order valence-corrected chi connectivity index (χ4v) is 5.11. The minimum atomic E-state index is 0.0355. The number of benzene rings is 3. The van der Waals surface area contributed by atoms with Gasteiger partial charge in [-0.25, -0.2) is 5.43 Å². The van der Waals surface area contributed by atoms with Gasteiger partial charge in [-0.1, -0.05) is 30.3 Å². The normalized spacial score (nSPS) is 13.8. The van der Waals surface area contributed by atoms with Gasteiger partial charge in [0.05, 0.1) is 20.4 Å². The Hall–Kier alpha value is -4.38. The number of aromatic nitrogens is 3. The lowest BCUT2D eigenvalue weighted by atomic mass is 9.90. The SMILES string of the molecule is COc1ccc(Nc2nc(N/N=C/c3cc(OC)c(O)cc3Br)nc(N3CCC(Cc4ccccc4)CC3)n2)cc1. The van der Waals surface area contributed by atoms with Gasteiger partial charge in [-0.05, 0) is 83.1 Å². The number of hydrogen-bond acceptors (Lipinski definition) is 10. The Morgan fingerprint density at radius 1 is 0.976 bits per heavy atom. The molecule has 0 spiro atoms. The molecule has 0 atom stereocenters. The molecule has 0 unspecified atom stereocenters. The number of aromatic hydroxyl groups is 1. The Labute approximate surface area is 247 Å². The molecule has 3 N–H and O–H groups in total. The Morgan fingerprint density at radius 2 is 1.71 bits per heavy atom. The highest BCUT2D eigenvalue weighted by atomic mass is 79.9. The van der Waals surface area contributed by atoms with E-state index in [0.717, 1.165) is 43.8 Å². The molecule has 1 aliphatic heterocycles. The molecule has 212 valence electrons. The predicted octanol–water partition coefficient (Wildman–Crippen LogP) is 6.01. The summed E-state index contributed by atoms with van der Waals surface area (Å²) in [5.74, 6) is 3.05. The van der Waals surface area contributed by atoms with Crippen LogP contribution in [0.4, 0.5) is 23.5 Å². The summed E-state index contributed by atoms with van der Waals surface area (Å²) in [6.45, 7) is 1.71. The molecule has 3 aromatic carbocycles. The first-order valence-corrected chi connectivity index (χ1v) is 14.1. The molecule has 0 aliphatic carbocycles. The van der Waals surface area contributed by atoms with Gasteiger partial charge in [0.25, 0.3) is 0 Å². The highest BCUT2D eigenvalue weighted by Crippen LogP contribution is 2.31. The number of nitrogens with zero attached hydrogens (tertiary/aromatic N) is 5. The average Bonchev–Trinajstić information content (AvgIpc) is 2.99. The van der Waals surface area contributed by atoms with Gasteiger partial charge in [-0.2, -0.15) is 20.1 Å². The second-order valence-corrected chi connectivity index (χ2v) is 10.5. The Bertz CT molecular complexity index is 1480. The molecular weight excluding hydrogens is 586 g/mol. The quantitative estimate of drug-likeness (QED) is 0.145. The third-order valence-electron chi connectivity index (χ3n) is 6.90. The highest BCUT2D eigenvalue weighted by molar-refractivity contribution is 9.10. The lowest BCUT2D eigenvalue weighted by molar-refractivity contribution is 0.373. The van der Waals surface area contributed by atoms with Crippen LogP contribution in [0.25, 0.3) is 0 Å². The van der Waals surface area contributed by atoms with Crippen LogP contribution < -0.4 is 25.1 Å². The molecule has 4 aromatic rings. The van der Waals surface area contributed by atoms with Gasteiger partial charge in [-0.15, -0.1) is 0 Å². The number of halogens is 1. The van der Waals surface area contributed by atoms with Crippen LogP contribution in [0.5, 0.6) is 17.2 Å². The predicted molar refractivity (Wildman–Crippen MR) is 165 cm³/mol. The fraction of sp³-hybridized carbons (Fsp3) is 0.267.